The lowest BCUT2D eigenvalue weighted by atomic mass is 10.1. The molecule has 0 saturated carbocycles. The maximum atomic E-state index is 13.3. The van der Waals surface area contributed by atoms with E-state index in [2.05, 4.69) is 10.3 Å². The number of para-hydroxylation sites is 2. The van der Waals surface area contributed by atoms with Gasteiger partial charge in [-0.2, -0.15) is 0 Å². The van der Waals surface area contributed by atoms with Crippen molar-refractivity contribution in [3.8, 4) is 11.4 Å². The zero-order valence-corrected chi connectivity index (χ0v) is 18.7. The van der Waals surface area contributed by atoms with Crippen molar-refractivity contribution in [3.63, 3.8) is 0 Å². The number of nitrogens with zero attached hydrogens (tertiary/aromatic N) is 2. The summed E-state index contributed by atoms with van der Waals surface area (Å²) in [7, 11) is 1.59. The summed E-state index contributed by atoms with van der Waals surface area (Å²) in [6, 6.07) is 22.1. The monoisotopic (exact) mass is 445 g/mol. The number of thioether (sulfide) groups is 1. The third kappa shape index (κ3) is 4.53. The highest BCUT2D eigenvalue weighted by Crippen LogP contribution is 2.23. The van der Waals surface area contributed by atoms with E-state index in [0.29, 0.717) is 27.5 Å². The highest BCUT2D eigenvalue weighted by atomic mass is 32.2. The standard InChI is InChI=1S/C25H23N3O3S/c1-3-17-8-4-6-10-21(17)26-23(29)16-32-25-27-22-11-7-5-9-20(22)24(30)28(25)18-12-14-19(31-2)15-13-18/h4-15H,3,16H2,1-2H3,(H,26,29). The number of benzene rings is 3. The summed E-state index contributed by atoms with van der Waals surface area (Å²) in [4.78, 5) is 30.7. The van der Waals surface area contributed by atoms with Crippen molar-refractivity contribution < 1.29 is 9.53 Å². The van der Waals surface area contributed by atoms with Crippen LogP contribution in [0.15, 0.2) is 82.7 Å². The Morgan fingerprint density at radius 2 is 1.75 bits per heavy atom. The van der Waals surface area contributed by atoms with Crippen LogP contribution in [0.4, 0.5) is 5.69 Å². The number of amides is 1. The third-order valence-corrected chi connectivity index (χ3v) is 6.02. The molecule has 0 unspecified atom stereocenters. The Morgan fingerprint density at radius 1 is 1.03 bits per heavy atom. The molecule has 0 spiro atoms. The smallest absolute Gasteiger partial charge is 0.266 e. The molecule has 0 saturated heterocycles. The van der Waals surface area contributed by atoms with Crippen molar-refractivity contribution in [2.45, 2.75) is 18.5 Å². The molecule has 4 aromatic rings. The summed E-state index contributed by atoms with van der Waals surface area (Å²) in [5, 5.41) is 3.94. The van der Waals surface area contributed by atoms with Crippen molar-refractivity contribution in [1.29, 1.82) is 0 Å². The van der Waals surface area contributed by atoms with Crippen LogP contribution in [0.2, 0.25) is 0 Å². The highest BCUT2D eigenvalue weighted by Gasteiger charge is 2.15. The van der Waals surface area contributed by atoms with E-state index < -0.39 is 0 Å². The average Bonchev–Trinajstić information content (AvgIpc) is 2.83. The van der Waals surface area contributed by atoms with Crippen molar-refractivity contribution in [1.82, 2.24) is 9.55 Å². The molecule has 0 atom stereocenters. The number of carbonyl (C=O) groups excluding carboxylic acids is 1. The third-order valence-electron chi connectivity index (χ3n) is 5.08. The van der Waals surface area contributed by atoms with Crippen LogP contribution in [0.3, 0.4) is 0 Å². The van der Waals surface area contributed by atoms with Gasteiger partial charge in [-0.15, -0.1) is 0 Å². The second kappa shape index (κ2) is 9.70. The largest absolute Gasteiger partial charge is 0.497 e. The lowest BCUT2D eigenvalue weighted by molar-refractivity contribution is -0.113. The Morgan fingerprint density at radius 3 is 2.50 bits per heavy atom. The van der Waals surface area contributed by atoms with Crippen molar-refractivity contribution in [3.05, 3.63) is 88.7 Å². The van der Waals surface area contributed by atoms with Gasteiger partial charge in [-0.3, -0.25) is 14.2 Å². The lowest BCUT2D eigenvalue weighted by Gasteiger charge is -2.14. The van der Waals surface area contributed by atoms with Crippen LogP contribution in [0.5, 0.6) is 5.75 Å². The fraction of sp³-hybridized carbons (Fsp3) is 0.160. The predicted molar refractivity (Wildman–Crippen MR) is 129 cm³/mol. The summed E-state index contributed by atoms with van der Waals surface area (Å²) in [6.07, 6.45) is 0.826. The normalized spacial score (nSPS) is 10.8. The van der Waals surface area contributed by atoms with Crippen molar-refractivity contribution >= 4 is 34.3 Å². The minimum atomic E-state index is -0.181. The molecule has 1 amide bonds. The van der Waals surface area contributed by atoms with Gasteiger partial charge in [-0.05, 0) is 54.4 Å². The van der Waals surface area contributed by atoms with Gasteiger partial charge < -0.3 is 10.1 Å². The number of aromatic nitrogens is 2. The van der Waals surface area contributed by atoms with Crippen LogP contribution >= 0.6 is 11.8 Å². The van der Waals surface area contributed by atoms with Gasteiger partial charge in [0.2, 0.25) is 5.91 Å². The van der Waals surface area contributed by atoms with Gasteiger partial charge in [0.1, 0.15) is 5.75 Å². The first-order chi connectivity index (χ1) is 15.6. The Hall–Kier alpha value is -3.58. The average molecular weight is 446 g/mol. The summed E-state index contributed by atoms with van der Waals surface area (Å²) in [6.45, 7) is 2.05. The number of fused-ring (bicyclic) bond motifs is 1. The van der Waals surface area contributed by atoms with Crippen LogP contribution in [0, 0.1) is 0 Å². The number of carbonyl (C=O) groups is 1. The molecule has 0 aliphatic heterocycles. The van der Waals surface area contributed by atoms with E-state index in [0.717, 1.165) is 17.7 Å². The lowest BCUT2D eigenvalue weighted by Crippen LogP contribution is -2.23. The number of rotatable bonds is 7. The second-order valence-corrected chi connectivity index (χ2v) is 8.04. The maximum Gasteiger partial charge on any atom is 0.266 e. The molecule has 1 N–H and O–H groups in total. The molecule has 162 valence electrons. The van der Waals surface area contributed by atoms with E-state index in [-0.39, 0.29) is 17.2 Å². The molecule has 1 heterocycles. The fourth-order valence-electron chi connectivity index (χ4n) is 3.44. The predicted octanol–water partition coefficient (Wildman–Crippen LogP) is 4.69. The zero-order valence-electron chi connectivity index (χ0n) is 17.9. The highest BCUT2D eigenvalue weighted by molar-refractivity contribution is 7.99. The molecule has 0 radical (unpaired) electrons. The molecule has 0 aliphatic carbocycles. The van der Waals surface area contributed by atoms with Crippen LogP contribution in [0.25, 0.3) is 16.6 Å². The van der Waals surface area contributed by atoms with Crippen LogP contribution in [0.1, 0.15) is 12.5 Å². The Bertz CT molecular complexity index is 1320. The summed E-state index contributed by atoms with van der Waals surface area (Å²) in [5.74, 6) is 0.664. The number of ether oxygens (including phenoxy) is 1. The van der Waals surface area contributed by atoms with E-state index in [1.54, 1.807) is 48.1 Å². The molecule has 32 heavy (non-hydrogen) atoms. The van der Waals surface area contributed by atoms with Crippen LogP contribution in [-0.2, 0) is 11.2 Å². The molecule has 0 aliphatic rings. The van der Waals surface area contributed by atoms with E-state index in [1.807, 2.05) is 43.3 Å². The number of anilines is 1. The van der Waals surface area contributed by atoms with Gasteiger partial charge in [0, 0.05) is 5.69 Å². The first-order valence-electron chi connectivity index (χ1n) is 10.3. The molecule has 0 fully saturated rings. The van der Waals surface area contributed by atoms with Crippen LogP contribution in [-0.4, -0.2) is 28.3 Å². The van der Waals surface area contributed by atoms with Gasteiger partial charge in [0.15, 0.2) is 5.16 Å². The topological polar surface area (TPSA) is 73.2 Å². The first-order valence-corrected chi connectivity index (χ1v) is 11.3. The maximum absolute atomic E-state index is 13.3. The molecule has 3 aromatic carbocycles. The number of aryl methyl sites for hydroxylation is 1. The Kier molecular flexibility index (Phi) is 6.56. The van der Waals surface area contributed by atoms with Gasteiger partial charge in [0.05, 0.1) is 29.5 Å². The number of nitrogens with one attached hydrogen (secondary N) is 1. The SMILES string of the molecule is CCc1ccccc1NC(=O)CSc1nc2ccccc2c(=O)n1-c1ccc(OC)cc1. The van der Waals surface area contributed by atoms with E-state index >= 15 is 0 Å². The first kappa shape index (κ1) is 21.6. The van der Waals surface area contributed by atoms with Crippen molar-refractivity contribution in [2.75, 3.05) is 18.2 Å². The van der Waals surface area contributed by atoms with Gasteiger partial charge in [-0.25, -0.2) is 4.98 Å². The number of methoxy groups -OCH3 is 1. The molecule has 7 heteroatoms. The fourth-order valence-corrected chi connectivity index (χ4v) is 4.25. The molecule has 1 aromatic heterocycles. The summed E-state index contributed by atoms with van der Waals surface area (Å²) < 4.78 is 6.77. The zero-order chi connectivity index (χ0) is 22.5. The number of hydrogen-bond acceptors (Lipinski definition) is 5. The van der Waals surface area contributed by atoms with Gasteiger partial charge >= 0.3 is 0 Å². The molecule has 0 bridgehead atoms. The van der Waals surface area contributed by atoms with Crippen molar-refractivity contribution in [2.24, 2.45) is 0 Å². The van der Waals surface area contributed by atoms with Gasteiger partial charge in [0.25, 0.3) is 5.56 Å². The van der Waals surface area contributed by atoms with E-state index in [9.17, 15) is 9.59 Å². The summed E-state index contributed by atoms with van der Waals surface area (Å²) >= 11 is 1.23. The minimum absolute atomic E-state index is 0.124. The van der Waals surface area contributed by atoms with Crippen LogP contribution < -0.4 is 15.6 Å². The quantitative estimate of drug-likeness (QED) is 0.330. The number of hydrogen-bond donors (Lipinski definition) is 1. The molecule has 4 rings (SSSR count). The Labute approximate surface area is 190 Å². The Balaban J connectivity index is 1.66. The molecule has 6 nitrogen and oxygen atoms in total. The summed E-state index contributed by atoms with van der Waals surface area (Å²) in [5.41, 5.74) is 2.96. The van der Waals surface area contributed by atoms with Gasteiger partial charge in [-0.1, -0.05) is 49.0 Å². The molecular weight excluding hydrogens is 422 g/mol. The second-order valence-electron chi connectivity index (χ2n) is 7.10. The van der Waals surface area contributed by atoms with E-state index in [4.69, 9.17) is 4.74 Å². The van der Waals surface area contributed by atoms with E-state index in [1.165, 1.54) is 11.8 Å². The molecular formula is C25H23N3O3S. The minimum Gasteiger partial charge on any atom is -0.497 e.